The highest BCUT2D eigenvalue weighted by atomic mass is 35.5. The maximum absolute atomic E-state index is 13.2. The minimum absolute atomic E-state index is 0.0737. The monoisotopic (exact) mass is 412 g/mol. The molecule has 2 saturated heterocycles. The second kappa shape index (κ2) is 9.19. The van der Waals surface area contributed by atoms with Crippen LogP contribution >= 0.6 is 11.6 Å². The highest BCUT2D eigenvalue weighted by Gasteiger charge is 2.32. The van der Waals surface area contributed by atoms with Gasteiger partial charge in [-0.3, -0.25) is 9.69 Å². The third-order valence-corrected chi connectivity index (χ3v) is 6.50. The molecule has 0 aromatic heterocycles. The maximum Gasteiger partial charge on any atom is 0.257 e. The first kappa shape index (κ1) is 20.2. The van der Waals surface area contributed by atoms with E-state index in [9.17, 15) is 4.79 Å². The summed E-state index contributed by atoms with van der Waals surface area (Å²) in [5, 5.41) is 0.705. The first-order valence-corrected chi connectivity index (χ1v) is 11.0. The summed E-state index contributed by atoms with van der Waals surface area (Å²) < 4.78 is 5.99. The number of carbonyl (C=O) groups is 1. The van der Waals surface area contributed by atoms with E-state index in [0.29, 0.717) is 35.0 Å². The maximum atomic E-state index is 13.2. The molecule has 0 unspecified atom stereocenters. The number of hydrogen-bond donors (Lipinski definition) is 0. The van der Waals surface area contributed by atoms with Gasteiger partial charge in [-0.15, -0.1) is 0 Å². The van der Waals surface area contributed by atoms with Crippen molar-refractivity contribution in [3.8, 4) is 5.75 Å². The van der Waals surface area contributed by atoms with Crippen LogP contribution in [0.2, 0.25) is 5.02 Å². The minimum atomic E-state index is 0.0737. The van der Waals surface area contributed by atoms with E-state index in [4.69, 9.17) is 16.3 Å². The number of hydrogen-bond acceptors (Lipinski definition) is 3. The Bertz CT molecular complexity index is 831. The van der Waals surface area contributed by atoms with Crippen molar-refractivity contribution in [1.29, 1.82) is 0 Å². The van der Waals surface area contributed by atoms with Crippen LogP contribution in [0.15, 0.2) is 48.5 Å². The Morgan fingerprint density at radius 1 is 1.03 bits per heavy atom. The molecule has 0 N–H and O–H groups in total. The van der Waals surface area contributed by atoms with Gasteiger partial charge in [0.2, 0.25) is 0 Å². The molecule has 0 saturated carbocycles. The number of halogens is 1. The van der Waals surface area contributed by atoms with E-state index in [1.807, 2.05) is 53.4 Å². The van der Waals surface area contributed by atoms with Gasteiger partial charge in [0.05, 0.1) is 5.56 Å². The predicted octanol–water partition coefficient (Wildman–Crippen LogP) is 5.01. The standard InChI is InChI=1S/C24H29ClN2O2/c1-18-5-4-14-27(18)21-12-15-26(16-13-21)24(28)22-6-2-3-7-23(22)29-17-19-8-10-20(25)11-9-19/h2-3,6-11,18,21H,4-5,12-17H2,1H3/t18-/m1/s1. The van der Waals surface area contributed by atoms with Crippen molar-refractivity contribution in [1.82, 2.24) is 9.80 Å². The van der Waals surface area contributed by atoms with Crippen LogP contribution in [-0.2, 0) is 6.61 Å². The molecular weight excluding hydrogens is 384 g/mol. The van der Waals surface area contributed by atoms with Gasteiger partial charge in [0, 0.05) is 30.2 Å². The smallest absolute Gasteiger partial charge is 0.257 e. The number of amides is 1. The first-order valence-electron chi connectivity index (χ1n) is 10.6. The molecule has 0 bridgehead atoms. The molecule has 154 valence electrons. The zero-order chi connectivity index (χ0) is 20.2. The number of para-hydroxylation sites is 1. The van der Waals surface area contributed by atoms with Crippen LogP contribution in [0.25, 0.3) is 0 Å². The van der Waals surface area contributed by atoms with E-state index in [1.54, 1.807) is 0 Å². The van der Waals surface area contributed by atoms with Crippen LogP contribution in [0.4, 0.5) is 0 Å². The van der Waals surface area contributed by atoms with E-state index in [2.05, 4.69) is 11.8 Å². The van der Waals surface area contributed by atoms with E-state index in [-0.39, 0.29) is 5.91 Å². The molecule has 2 aliphatic heterocycles. The lowest BCUT2D eigenvalue weighted by atomic mass is 10.0. The van der Waals surface area contributed by atoms with Gasteiger partial charge in [-0.25, -0.2) is 0 Å². The number of ether oxygens (including phenoxy) is 1. The van der Waals surface area contributed by atoms with Gasteiger partial charge in [-0.1, -0.05) is 35.9 Å². The third-order valence-electron chi connectivity index (χ3n) is 6.25. The lowest BCUT2D eigenvalue weighted by Crippen LogP contribution is -2.47. The lowest BCUT2D eigenvalue weighted by molar-refractivity contribution is 0.0607. The van der Waals surface area contributed by atoms with Crippen LogP contribution < -0.4 is 4.74 Å². The van der Waals surface area contributed by atoms with E-state index < -0.39 is 0 Å². The molecule has 2 aromatic carbocycles. The lowest BCUT2D eigenvalue weighted by Gasteiger charge is -2.38. The molecule has 5 heteroatoms. The molecule has 0 radical (unpaired) electrons. The summed E-state index contributed by atoms with van der Waals surface area (Å²) in [5.74, 6) is 0.715. The van der Waals surface area contributed by atoms with Crippen LogP contribution in [0, 0.1) is 0 Å². The van der Waals surface area contributed by atoms with E-state index >= 15 is 0 Å². The van der Waals surface area contributed by atoms with Crippen molar-refractivity contribution < 1.29 is 9.53 Å². The Morgan fingerprint density at radius 3 is 2.45 bits per heavy atom. The van der Waals surface area contributed by atoms with Crippen LogP contribution in [0.1, 0.15) is 48.5 Å². The minimum Gasteiger partial charge on any atom is -0.488 e. The Labute approximate surface area is 178 Å². The third kappa shape index (κ3) is 4.76. The normalized spacial score (nSPS) is 20.8. The molecule has 4 nitrogen and oxygen atoms in total. The van der Waals surface area contributed by atoms with Crippen molar-refractivity contribution in [3.05, 3.63) is 64.7 Å². The number of rotatable bonds is 5. The number of piperidine rings is 1. The van der Waals surface area contributed by atoms with Gasteiger partial charge in [-0.2, -0.15) is 0 Å². The van der Waals surface area contributed by atoms with Gasteiger partial charge in [0.1, 0.15) is 12.4 Å². The molecule has 0 aliphatic carbocycles. The van der Waals surface area contributed by atoms with Crippen molar-refractivity contribution in [3.63, 3.8) is 0 Å². The Morgan fingerprint density at radius 2 is 1.76 bits per heavy atom. The average molecular weight is 413 g/mol. The Kier molecular flexibility index (Phi) is 6.41. The van der Waals surface area contributed by atoms with Crippen molar-refractivity contribution in [2.24, 2.45) is 0 Å². The topological polar surface area (TPSA) is 32.8 Å². The summed E-state index contributed by atoms with van der Waals surface area (Å²) >= 11 is 5.95. The summed E-state index contributed by atoms with van der Waals surface area (Å²) in [6.45, 7) is 5.59. The molecule has 1 amide bonds. The number of benzene rings is 2. The summed E-state index contributed by atoms with van der Waals surface area (Å²) in [6.07, 6.45) is 4.73. The molecule has 2 fully saturated rings. The second-order valence-corrected chi connectivity index (χ2v) is 8.60. The van der Waals surface area contributed by atoms with Gasteiger partial charge in [0.25, 0.3) is 5.91 Å². The molecule has 4 rings (SSSR count). The van der Waals surface area contributed by atoms with Gasteiger partial charge < -0.3 is 9.64 Å². The van der Waals surface area contributed by atoms with E-state index in [1.165, 1.54) is 19.4 Å². The highest BCUT2D eigenvalue weighted by molar-refractivity contribution is 6.30. The fourth-order valence-corrected chi connectivity index (χ4v) is 4.71. The Balaban J connectivity index is 1.38. The number of nitrogens with zero attached hydrogens (tertiary/aromatic N) is 2. The molecule has 0 spiro atoms. The fraction of sp³-hybridized carbons (Fsp3) is 0.458. The van der Waals surface area contributed by atoms with Crippen LogP contribution in [0.5, 0.6) is 5.75 Å². The summed E-state index contributed by atoms with van der Waals surface area (Å²) in [5.41, 5.74) is 1.67. The second-order valence-electron chi connectivity index (χ2n) is 8.16. The predicted molar refractivity (Wildman–Crippen MR) is 117 cm³/mol. The van der Waals surface area contributed by atoms with Crippen LogP contribution in [-0.4, -0.2) is 47.4 Å². The summed E-state index contributed by atoms with van der Waals surface area (Å²) in [4.78, 5) is 17.8. The highest BCUT2D eigenvalue weighted by Crippen LogP contribution is 2.28. The SMILES string of the molecule is C[C@@H]1CCCN1C1CCN(C(=O)c2ccccc2OCc2ccc(Cl)cc2)CC1. The molecule has 2 aliphatic rings. The van der Waals surface area contributed by atoms with Crippen LogP contribution in [0.3, 0.4) is 0 Å². The van der Waals surface area contributed by atoms with Gasteiger partial charge in [0.15, 0.2) is 0 Å². The van der Waals surface area contributed by atoms with Crippen molar-refractivity contribution in [2.75, 3.05) is 19.6 Å². The first-order chi connectivity index (χ1) is 14.1. The van der Waals surface area contributed by atoms with Crippen molar-refractivity contribution in [2.45, 2.75) is 51.3 Å². The molecular formula is C24H29ClN2O2. The number of carbonyl (C=O) groups excluding carboxylic acids is 1. The molecule has 29 heavy (non-hydrogen) atoms. The van der Waals surface area contributed by atoms with E-state index in [0.717, 1.165) is 31.5 Å². The summed E-state index contributed by atoms with van der Waals surface area (Å²) in [6, 6.07) is 16.4. The summed E-state index contributed by atoms with van der Waals surface area (Å²) in [7, 11) is 0. The average Bonchev–Trinajstić information content (AvgIpc) is 3.19. The van der Waals surface area contributed by atoms with Gasteiger partial charge >= 0.3 is 0 Å². The fourth-order valence-electron chi connectivity index (χ4n) is 4.58. The molecule has 2 heterocycles. The zero-order valence-corrected chi connectivity index (χ0v) is 17.8. The van der Waals surface area contributed by atoms with Gasteiger partial charge in [-0.05, 0) is 69.0 Å². The number of likely N-dealkylation sites (tertiary alicyclic amines) is 2. The largest absolute Gasteiger partial charge is 0.488 e. The quantitative estimate of drug-likeness (QED) is 0.692. The molecule has 1 atom stereocenters. The molecule has 2 aromatic rings. The zero-order valence-electron chi connectivity index (χ0n) is 17.0. The van der Waals surface area contributed by atoms with Crippen molar-refractivity contribution >= 4 is 17.5 Å². The Hall–Kier alpha value is -2.04.